The van der Waals surface area contributed by atoms with Gasteiger partial charge in [-0.15, -0.1) is 0 Å². The molecular weight excluding hydrogens is 358 g/mol. The second kappa shape index (κ2) is 7.66. The molecule has 6 heteroatoms. The van der Waals surface area contributed by atoms with Crippen LogP contribution in [-0.2, 0) is 10.0 Å². The summed E-state index contributed by atoms with van der Waals surface area (Å²) in [6, 6.07) is 14.9. The number of hydrogen-bond acceptors (Lipinski definition) is 3. The van der Waals surface area contributed by atoms with Crippen LogP contribution in [0.4, 0.5) is 5.69 Å². The molecule has 1 fully saturated rings. The van der Waals surface area contributed by atoms with E-state index >= 15 is 0 Å². The Hall–Kier alpha value is -2.44. The number of fused-ring (bicyclic) bond motifs is 1. The average molecular weight is 382 g/mol. The Morgan fingerprint density at radius 1 is 0.926 bits per heavy atom. The molecule has 0 radical (unpaired) electrons. The van der Waals surface area contributed by atoms with Crippen LogP contribution in [0.15, 0.2) is 64.6 Å². The van der Waals surface area contributed by atoms with Crippen LogP contribution in [-0.4, -0.2) is 37.0 Å². The van der Waals surface area contributed by atoms with E-state index in [9.17, 15) is 8.42 Å². The molecule has 140 valence electrons. The molecule has 0 unspecified atom stereocenters. The highest BCUT2D eigenvalue weighted by molar-refractivity contribution is 7.89. The second-order valence-electron chi connectivity index (χ2n) is 6.86. The predicted molar refractivity (Wildman–Crippen MR) is 109 cm³/mol. The third kappa shape index (κ3) is 3.82. The van der Waals surface area contributed by atoms with Gasteiger partial charge in [-0.3, -0.25) is 4.99 Å². The van der Waals surface area contributed by atoms with Gasteiger partial charge in [-0.05, 0) is 43.2 Å². The summed E-state index contributed by atoms with van der Waals surface area (Å²) < 4.78 is 27.3. The number of sulfonamides is 1. The van der Waals surface area contributed by atoms with E-state index in [2.05, 4.69) is 9.98 Å². The van der Waals surface area contributed by atoms with Crippen LogP contribution in [0.1, 0.15) is 31.2 Å². The molecule has 0 bridgehead atoms. The average Bonchev–Trinajstić information content (AvgIpc) is 2.90. The highest BCUT2D eigenvalue weighted by Crippen LogP contribution is 2.23. The molecule has 1 aliphatic heterocycles. The van der Waals surface area contributed by atoms with E-state index in [1.165, 1.54) is 0 Å². The lowest BCUT2D eigenvalue weighted by Crippen LogP contribution is -2.31. The van der Waals surface area contributed by atoms with Gasteiger partial charge < -0.3 is 4.98 Å². The zero-order valence-corrected chi connectivity index (χ0v) is 16.0. The molecule has 1 aliphatic rings. The molecule has 4 rings (SSSR count). The summed E-state index contributed by atoms with van der Waals surface area (Å²) >= 11 is 0. The minimum Gasteiger partial charge on any atom is -0.361 e. The first-order valence-electron chi connectivity index (χ1n) is 9.35. The minimum absolute atomic E-state index is 0.343. The van der Waals surface area contributed by atoms with Gasteiger partial charge in [0.1, 0.15) is 0 Å². The SMILES string of the molecule is O=S(=O)(c1ccc(N=Cc2c[nH]c3ccccc23)cc1)N1CCCCCC1. The fourth-order valence-electron chi connectivity index (χ4n) is 3.48. The predicted octanol–water partition coefficient (Wildman–Crippen LogP) is 4.48. The van der Waals surface area contributed by atoms with Crippen molar-refractivity contribution < 1.29 is 8.42 Å². The first-order chi connectivity index (χ1) is 13.1. The van der Waals surface area contributed by atoms with E-state index in [1.54, 1.807) is 34.8 Å². The zero-order valence-electron chi connectivity index (χ0n) is 15.1. The maximum atomic E-state index is 12.8. The van der Waals surface area contributed by atoms with Crippen molar-refractivity contribution in [3.05, 3.63) is 60.3 Å². The standard InChI is InChI=1S/C21H23N3O2S/c25-27(26,24-13-5-1-2-6-14-24)19-11-9-18(10-12-19)22-15-17-16-23-21-8-4-3-7-20(17)21/h3-4,7-12,15-16,23H,1-2,5-6,13-14H2. The van der Waals surface area contributed by atoms with Gasteiger partial charge in [-0.1, -0.05) is 31.0 Å². The van der Waals surface area contributed by atoms with Gasteiger partial charge in [0.2, 0.25) is 10.0 Å². The first-order valence-corrected chi connectivity index (χ1v) is 10.8. The maximum Gasteiger partial charge on any atom is 0.243 e. The van der Waals surface area contributed by atoms with Crippen molar-refractivity contribution in [2.24, 2.45) is 4.99 Å². The Morgan fingerprint density at radius 2 is 1.63 bits per heavy atom. The Balaban J connectivity index is 1.53. The number of aliphatic imine (C=N–C) groups is 1. The van der Waals surface area contributed by atoms with Crippen LogP contribution in [0.2, 0.25) is 0 Å². The van der Waals surface area contributed by atoms with Crippen LogP contribution >= 0.6 is 0 Å². The number of para-hydroxylation sites is 1. The van der Waals surface area contributed by atoms with Gasteiger partial charge in [-0.25, -0.2) is 8.42 Å². The largest absolute Gasteiger partial charge is 0.361 e. The Labute approximate surface area is 159 Å². The van der Waals surface area contributed by atoms with Gasteiger partial charge in [0.25, 0.3) is 0 Å². The zero-order chi connectivity index (χ0) is 18.7. The van der Waals surface area contributed by atoms with Crippen LogP contribution in [0, 0.1) is 0 Å². The third-order valence-electron chi connectivity index (χ3n) is 5.01. The summed E-state index contributed by atoms with van der Waals surface area (Å²) in [5, 5.41) is 1.11. The quantitative estimate of drug-likeness (QED) is 0.677. The van der Waals surface area contributed by atoms with Crippen LogP contribution in [0.3, 0.4) is 0 Å². The molecule has 1 aromatic heterocycles. The van der Waals surface area contributed by atoms with Crippen LogP contribution in [0.5, 0.6) is 0 Å². The van der Waals surface area contributed by atoms with Crippen LogP contribution in [0.25, 0.3) is 10.9 Å². The van der Waals surface area contributed by atoms with Crippen molar-refractivity contribution in [3.8, 4) is 0 Å². The molecule has 0 spiro atoms. The Kier molecular flexibility index (Phi) is 5.09. The van der Waals surface area contributed by atoms with Crippen molar-refractivity contribution in [1.29, 1.82) is 0 Å². The van der Waals surface area contributed by atoms with Crippen molar-refractivity contribution in [1.82, 2.24) is 9.29 Å². The number of rotatable bonds is 4. The molecular formula is C21H23N3O2S. The summed E-state index contributed by atoms with van der Waals surface area (Å²) in [6.07, 6.45) is 7.81. The molecule has 0 atom stereocenters. The van der Waals surface area contributed by atoms with E-state index in [0.717, 1.165) is 47.8 Å². The number of H-pyrrole nitrogens is 1. The molecule has 0 saturated carbocycles. The van der Waals surface area contributed by atoms with Gasteiger partial charge in [0.05, 0.1) is 10.6 Å². The summed E-state index contributed by atoms with van der Waals surface area (Å²) in [5.41, 5.74) is 2.81. The third-order valence-corrected chi connectivity index (χ3v) is 6.93. The maximum absolute atomic E-state index is 12.8. The summed E-state index contributed by atoms with van der Waals surface area (Å²) in [7, 11) is -3.41. The number of hydrogen-bond donors (Lipinski definition) is 1. The number of benzene rings is 2. The minimum atomic E-state index is -3.41. The van der Waals surface area contributed by atoms with E-state index in [0.29, 0.717) is 18.0 Å². The molecule has 0 amide bonds. The van der Waals surface area contributed by atoms with Crippen molar-refractivity contribution in [2.45, 2.75) is 30.6 Å². The molecule has 2 aromatic carbocycles. The number of aromatic amines is 1. The lowest BCUT2D eigenvalue weighted by Gasteiger charge is -2.19. The molecule has 3 aromatic rings. The van der Waals surface area contributed by atoms with Crippen molar-refractivity contribution in [2.75, 3.05) is 13.1 Å². The fourth-order valence-corrected chi connectivity index (χ4v) is 5.00. The smallest absolute Gasteiger partial charge is 0.243 e. The van der Waals surface area contributed by atoms with Crippen molar-refractivity contribution in [3.63, 3.8) is 0 Å². The van der Waals surface area contributed by atoms with Crippen molar-refractivity contribution >= 4 is 32.8 Å². The Bertz CT molecular complexity index is 1040. The Morgan fingerprint density at radius 3 is 2.37 bits per heavy atom. The van der Waals surface area contributed by atoms with E-state index < -0.39 is 10.0 Å². The lowest BCUT2D eigenvalue weighted by molar-refractivity contribution is 0.424. The monoisotopic (exact) mass is 381 g/mol. The highest BCUT2D eigenvalue weighted by Gasteiger charge is 2.24. The van der Waals surface area contributed by atoms with Crippen LogP contribution < -0.4 is 0 Å². The summed E-state index contributed by atoms with van der Waals surface area (Å²) in [4.78, 5) is 8.06. The normalized spacial score (nSPS) is 16.7. The molecule has 1 N–H and O–H groups in total. The molecule has 2 heterocycles. The summed E-state index contributed by atoms with van der Waals surface area (Å²) in [5.74, 6) is 0. The van der Waals surface area contributed by atoms with Gasteiger partial charge in [0.15, 0.2) is 0 Å². The lowest BCUT2D eigenvalue weighted by atomic mass is 10.2. The van der Waals surface area contributed by atoms with E-state index in [1.807, 2.05) is 30.5 Å². The molecule has 0 aliphatic carbocycles. The van der Waals surface area contributed by atoms with E-state index in [4.69, 9.17) is 0 Å². The topological polar surface area (TPSA) is 65.5 Å². The number of nitrogens with one attached hydrogen (secondary N) is 1. The fraction of sp³-hybridized carbons (Fsp3) is 0.286. The highest BCUT2D eigenvalue weighted by atomic mass is 32.2. The molecule has 27 heavy (non-hydrogen) atoms. The van der Waals surface area contributed by atoms with E-state index in [-0.39, 0.29) is 0 Å². The van der Waals surface area contributed by atoms with Gasteiger partial charge >= 0.3 is 0 Å². The number of nitrogens with zero attached hydrogens (tertiary/aromatic N) is 2. The summed E-state index contributed by atoms with van der Waals surface area (Å²) in [6.45, 7) is 1.23. The first kappa shape index (κ1) is 17.9. The number of aromatic nitrogens is 1. The van der Waals surface area contributed by atoms with Gasteiger partial charge in [-0.2, -0.15) is 4.31 Å². The molecule has 5 nitrogen and oxygen atoms in total. The van der Waals surface area contributed by atoms with Gasteiger partial charge in [0, 0.05) is 42.0 Å². The molecule has 1 saturated heterocycles. The second-order valence-corrected chi connectivity index (χ2v) is 8.80.